The van der Waals surface area contributed by atoms with E-state index in [0.29, 0.717) is 6.54 Å². The van der Waals surface area contributed by atoms with Gasteiger partial charge in [0.1, 0.15) is 0 Å². The van der Waals surface area contributed by atoms with Crippen LogP contribution in [0.15, 0.2) is 24.3 Å². The van der Waals surface area contributed by atoms with Gasteiger partial charge in [-0.15, -0.1) is 0 Å². The average molecular weight is 196 g/mol. The Hall–Kier alpha value is -1.03. The predicted molar refractivity (Wildman–Crippen MR) is 51.8 cm³/mol. The first-order valence-corrected chi connectivity index (χ1v) is 5.63. The van der Waals surface area contributed by atoms with Crippen LogP contribution in [0.2, 0.25) is 0 Å². The summed E-state index contributed by atoms with van der Waals surface area (Å²) in [4.78, 5) is 0. The zero-order chi connectivity index (χ0) is 9.47. The number of sulfonamides is 1. The molecule has 1 aromatic carbocycles. The highest BCUT2D eigenvalue weighted by molar-refractivity contribution is 7.93. The Kier molecular flexibility index (Phi) is 1.80. The van der Waals surface area contributed by atoms with E-state index in [2.05, 4.69) is 6.26 Å². The standard InChI is InChI=1S/C9H10NO2S/c1-13(11,12)10-7-6-8-4-2-3-5-9(8)10/h2-5H,1,6-7H2. The Morgan fingerprint density at radius 1 is 1.31 bits per heavy atom. The molecule has 0 aliphatic carbocycles. The van der Waals surface area contributed by atoms with E-state index in [-0.39, 0.29) is 0 Å². The molecule has 2 rings (SSSR count). The second-order valence-corrected chi connectivity index (χ2v) is 4.67. The number of benzene rings is 1. The monoisotopic (exact) mass is 196 g/mol. The molecule has 0 saturated carbocycles. The van der Waals surface area contributed by atoms with Crippen molar-refractivity contribution in [2.45, 2.75) is 6.42 Å². The molecule has 1 heterocycles. The summed E-state index contributed by atoms with van der Waals surface area (Å²) >= 11 is 0. The minimum atomic E-state index is -3.33. The molecule has 0 bridgehead atoms. The molecule has 0 amide bonds. The van der Waals surface area contributed by atoms with Gasteiger partial charge in [-0.3, -0.25) is 4.31 Å². The van der Waals surface area contributed by atoms with Crippen molar-refractivity contribution < 1.29 is 8.42 Å². The SMILES string of the molecule is [CH2]S(=O)(=O)N1CCc2ccccc21. The number of para-hydroxylation sites is 1. The molecule has 1 aromatic rings. The third-order valence-electron chi connectivity index (χ3n) is 2.18. The van der Waals surface area contributed by atoms with Gasteiger partial charge in [0.2, 0.25) is 10.0 Å². The Labute approximate surface area is 78.0 Å². The van der Waals surface area contributed by atoms with Crippen molar-refractivity contribution in [1.82, 2.24) is 0 Å². The normalized spacial score (nSPS) is 15.9. The molecule has 0 N–H and O–H groups in total. The lowest BCUT2D eigenvalue weighted by Crippen LogP contribution is -2.26. The fourth-order valence-electron chi connectivity index (χ4n) is 1.60. The lowest BCUT2D eigenvalue weighted by Gasteiger charge is -2.15. The van der Waals surface area contributed by atoms with Crippen LogP contribution in [-0.2, 0) is 16.4 Å². The van der Waals surface area contributed by atoms with Crippen LogP contribution in [0.4, 0.5) is 5.69 Å². The molecule has 69 valence electrons. The molecule has 0 spiro atoms. The molecule has 4 heteroatoms. The number of anilines is 1. The summed E-state index contributed by atoms with van der Waals surface area (Å²) in [5.74, 6) is 0. The van der Waals surface area contributed by atoms with Gasteiger partial charge >= 0.3 is 0 Å². The summed E-state index contributed by atoms with van der Waals surface area (Å²) in [6.45, 7) is 0.519. The summed E-state index contributed by atoms with van der Waals surface area (Å²) in [5, 5.41) is 0. The average Bonchev–Trinajstić information content (AvgIpc) is 2.45. The van der Waals surface area contributed by atoms with E-state index in [9.17, 15) is 8.42 Å². The minimum absolute atomic E-state index is 0.519. The second kappa shape index (κ2) is 2.73. The van der Waals surface area contributed by atoms with Crippen LogP contribution < -0.4 is 4.31 Å². The third kappa shape index (κ3) is 1.42. The van der Waals surface area contributed by atoms with E-state index in [1.807, 2.05) is 24.3 Å². The molecule has 0 saturated heterocycles. The highest BCUT2D eigenvalue weighted by Crippen LogP contribution is 2.29. The van der Waals surface area contributed by atoms with E-state index in [1.54, 1.807) is 0 Å². The summed E-state index contributed by atoms with van der Waals surface area (Å²) in [7, 11) is -3.33. The molecule has 1 aliphatic rings. The fraction of sp³-hybridized carbons (Fsp3) is 0.222. The van der Waals surface area contributed by atoms with E-state index < -0.39 is 10.0 Å². The Morgan fingerprint density at radius 2 is 2.00 bits per heavy atom. The van der Waals surface area contributed by atoms with Crippen LogP contribution in [0.1, 0.15) is 5.56 Å². The van der Waals surface area contributed by atoms with Crippen molar-refractivity contribution in [3.8, 4) is 0 Å². The quantitative estimate of drug-likeness (QED) is 0.676. The van der Waals surface area contributed by atoms with Crippen LogP contribution in [-0.4, -0.2) is 15.0 Å². The van der Waals surface area contributed by atoms with Gasteiger partial charge < -0.3 is 0 Å². The summed E-state index contributed by atoms with van der Waals surface area (Å²) in [6, 6.07) is 7.51. The Bertz CT molecular complexity index is 425. The van der Waals surface area contributed by atoms with Crippen molar-refractivity contribution in [2.75, 3.05) is 10.8 Å². The molecule has 1 aliphatic heterocycles. The van der Waals surface area contributed by atoms with E-state index in [0.717, 1.165) is 17.7 Å². The van der Waals surface area contributed by atoms with Gasteiger partial charge in [0.25, 0.3) is 0 Å². The fourth-order valence-corrected chi connectivity index (χ4v) is 2.44. The molecule has 0 atom stereocenters. The van der Waals surface area contributed by atoms with Gasteiger partial charge in [-0.05, 0) is 18.1 Å². The molecule has 0 fully saturated rings. The summed E-state index contributed by atoms with van der Waals surface area (Å²) in [6.07, 6.45) is 3.93. The van der Waals surface area contributed by atoms with Gasteiger partial charge in [-0.2, -0.15) is 0 Å². The molecule has 0 unspecified atom stereocenters. The van der Waals surface area contributed by atoms with Gasteiger partial charge in [0.05, 0.1) is 11.9 Å². The highest BCUT2D eigenvalue weighted by atomic mass is 32.2. The molecule has 0 aromatic heterocycles. The van der Waals surface area contributed by atoms with Gasteiger partial charge in [0.15, 0.2) is 0 Å². The first-order valence-electron chi connectivity index (χ1n) is 4.03. The molecular formula is C9H10NO2S. The molecule has 1 radical (unpaired) electrons. The van der Waals surface area contributed by atoms with Gasteiger partial charge in [0, 0.05) is 6.54 Å². The first kappa shape index (κ1) is 8.56. The van der Waals surface area contributed by atoms with Gasteiger partial charge in [-0.1, -0.05) is 18.2 Å². The summed E-state index contributed by atoms with van der Waals surface area (Å²) < 4.78 is 23.8. The van der Waals surface area contributed by atoms with Crippen LogP contribution in [0.5, 0.6) is 0 Å². The van der Waals surface area contributed by atoms with Gasteiger partial charge in [-0.25, -0.2) is 8.42 Å². The van der Waals surface area contributed by atoms with Crippen molar-refractivity contribution in [1.29, 1.82) is 0 Å². The van der Waals surface area contributed by atoms with Crippen molar-refractivity contribution in [3.05, 3.63) is 36.1 Å². The number of hydrogen-bond acceptors (Lipinski definition) is 2. The highest BCUT2D eigenvalue weighted by Gasteiger charge is 2.25. The van der Waals surface area contributed by atoms with Crippen molar-refractivity contribution in [3.63, 3.8) is 0 Å². The third-order valence-corrected chi connectivity index (χ3v) is 3.23. The summed E-state index contributed by atoms with van der Waals surface area (Å²) in [5.41, 5.74) is 1.85. The minimum Gasteiger partial charge on any atom is -0.270 e. The van der Waals surface area contributed by atoms with Crippen LogP contribution in [0.25, 0.3) is 0 Å². The van der Waals surface area contributed by atoms with E-state index >= 15 is 0 Å². The maximum atomic E-state index is 11.2. The maximum Gasteiger partial charge on any atom is 0.236 e. The zero-order valence-corrected chi connectivity index (χ0v) is 7.92. The largest absolute Gasteiger partial charge is 0.270 e. The van der Waals surface area contributed by atoms with Crippen molar-refractivity contribution in [2.24, 2.45) is 0 Å². The lowest BCUT2D eigenvalue weighted by molar-refractivity contribution is 0.601. The zero-order valence-electron chi connectivity index (χ0n) is 7.10. The Morgan fingerprint density at radius 3 is 2.69 bits per heavy atom. The molecule has 3 nitrogen and oxygen atoms in total. The number of rotatable bonds is 1. The van der Waals surface area contributed by atoms with E-state index in [1.165, 1.54) is 4.31 Å². The maximum absolute atomic E-state index is 11.2. The first-order chi connectivity index (χ1) is 6.09. The number of nitrogens with zero attached hydrogens (tertiary/aromatic N) is 1. The predicted octanol–water partition coefficient (Wildman–Crippen LogP) is 1.17. The lowest BCUT2D eigenvalue weighted by atomic mass is 10.2. The number of fused-ring (bicyclic) bond motifs is 1. The topological polar surface area (TPSA) is 37.4 Å². The molecule has 13 heavy (non-hydrogen) atoms. The van der Waals surface area contributed by atoms with Crippen LogP contribution in [0, 0.1) is 6.26 Å². The van der Waals surface area contributed by atoms with Crippen LogP contribution >= 0.6 is 0 Å². The molecular weight excluding hydrogens is 186 g/mol. The Balaban J connectivity index is 2.51. The van der Waals surface area contributed by atoms with Crippen LogP contribution in [0.3, 0.4) is 0 Å². The van der Waals surface area contributed by atoms with E-state index in [4.69, 9.17) is 0 Å². The number of hydrogen-bond donors (Lipinski definition) is 0. The van der Waals surface area contributed by atoms with Crippen molar-refractivity contribution >= 4 is 15.7 Å². The smallest absolute Gasteiger partial charge is 0.236 e. The second-order valence-electron chi connectivity index (χ2n) is 3.06.